The lowest BCUT2D eigenvalue weighted by molar-refractivity contribution is -0.131. The van der Waals surface area contributed by atoms with Crippen molar-refractivity contribution in [3.05, 3.63) is 41.3 Å². The summed E-state index contributed by atoms with van der Waals surface area (Å²) in [5.41, 5.74) is 2.57. The molecule has 2 fully saturated rings. The van der Waals surface area contributed by atoms with E-state index in [0.29, 0.717) is 62.8 Å². The van der Waals surface area contributed by atoms with Gasteiger partial charge in [-0.05, 0) is 38.0 Å². The van der Waals surface area contributed by atoms with Crippen LogP contribution in [0.1, 0.15) is 30.3 Å². The van der Waals surface area contributed by atoms with Crippen molar-refractivity contribution in [1.82, 2.24) is 25.8 Å². The predicted octanol–water partition coefficient (Wildman–Crippen LogP) is 2.15. The lowest BCUT2D eigenvalue weighted by Gasteiger charge is -2.42. The van der Waals surface area contributed by atoms with Crippen LogP contribution in [0.15, 0.2) is 29.8 Å². The Kier molecular flexibility index (Phi) is 7.23. The van der Waals surface area contributed by atoms with Crippen LogP contribution in [0.25, 0.3) is 10.2 Å². The molecular formula is C24H27FN6O4S. The minimum Gasteiger partial charge on any atom is -0.488 e. The normalized spacial score (nSPS) is 19.4. The number of hydrogen-bond acceptors (Lipinski definition) is 9. The van der Waals surface area contributed by atoms with Crippen molar-refractivity contribution in [2.45, 2.75) is 31.9 Å². The summed E-state index contributed by atoms with van der Waals surface area (Å²) in [6.07, 6.45) is 1.05. The summed E-state index contributed by atoms with van der Waals surface area (Å²) in [6, 6.07) is 6.21. The number of nitrogens with zero attached hydrogens (tertiary/aromatic N) is 4. The molecule has 2 aromatic heterocycles. The number of rotatable bonds is 10. The molecule has 2 N–H and O–H groups in total. The molecule has 0 bridgehead atoms. The molecule has 2 aliphatic rings. The molecule has 1 aliphatic carbocycles. The molecule has 3 aromatic rings. The number of thiazole rings is 1. The van der Waals surface area contributed by atoms with E-state index in [1.54, 1.807) is 17.6 Å². The Morgan fingerprint density at radius 3 is 2.81 bits per heavy atom. The quantitative estimate of drug-likeness (QED) is 0.395. The fourth-order valence-corrected chi connectivity index (χ4v) is 4.93. The highest BCUT2D eigenvalue weighted by Gasteiger charge is 2.39. The molecular weight excluding hydrogens is 487 g/mol. The molecule has 10 nitrogen and oxygen atoms in total. The van der Waals surface area contributed by atoms with Gasteiger partial charge in [0.1, 0.15) is 23.2 Å². The molecule has 1 aliphatic heterocycles. The van der Waals surface area contributed by atoms with Gasteiger partial charge in [0.25, 0.3) is 5.91 Å². The zero-order valence-corrected chi connectivity index (χ0v) is 20.6. The van der Waals surface area contributed by atoms with E-state index in [2.05, 4.69) is 25.8 Å². The van der Waals surface area contributed by atoms with Crippen LogP contribution in [0.2, 0.25) is 0 Å². The maximum Gasteiger partial charge on any atom is 0.271 e. The maximum absolute atomic E-state index is 13.8. The highest BCUT2D eigenvalue weighted by atomic mass is 32.1. The molecule has 3 heterocycles. The highest BCUT2D eigenvalue weighted by Crippen LogP contribution is 2.35. The molecule has 0 atom stereocenters. The Labute approximate surface area is 211 Å². The standard InChI is InChI=1S/C24H27FN6O4S/c1-2-34-6-5-26-24(33)18-3-4-21(30-29-18)31-11-16(12-31)28-23(32)14-7-17(8-14)35-19-9-15(25)10-20-22(19)27-13-36-20/h3-4,9-10,13-14,16-17H,2,5-8,11-12H2,1H3,(H,26,33)(H,28,32). The van der Waals surface area contributed by atoms with E-state index < -0.39 is 0 Å². The molecule has 12 heteroatoms. The average molecular weight is 515 g/mol. The predicted molar refractivity (Wildman–Crippen MR) is 132 cm³/mol. The maximum atomic E-state index is 13.8. The molecule has 0 spiro atoms. The summed E-state index contributed by atoms with van der Waals surface area (Å²) in [4.78, 5) is 30.9. The number of anilines is 1. The van der Waals surface area contributed by atoms with Gasteiger partial charge in [-0.1, -0.05) is 0 Å². The van der Waals surface area contributed by atoms with Gasteiger partial charge >= 0.3 is 0 Å². The summed E-state index contributed by atoms with van der Waals surface area (Å²) in [5, 5.41) is 13.9. The second-order valence-corrected chi connectivity index (χ2v) is 9.74. The van der Waals surface area contributed by atoms with E-state index in [1.807, 2.05) is 11.8 Å². The molecule has 190 valence electrons. The first-order valence-corrected chi connectivity index (χ1v) is 12.8. The van der Waals surface area contributed by atoms with Gasteiger partial charge in [-0.3, -0.25) is 9.59 Å². The van der Waals surface area contributed by atoms with Crippen molar-refractivity contribution in [2.75, 3.05) is 37.7 Å². The fourth-order valence-electron chi connectivity index (χ4n) is 4.21. The van der Waals surface area contributed by atoms with Gasteiger partial charge in [0, 0.05) is 38.2 Å². The Balaban J connectivity index is 1.03. The van der Waals surface area contributed by atoms with Crippen molar-refractivity contribution in [3.63, 3.8) is 0 Å². The van der Waals surface area contributed by atoms with Gasteiger partial charge in [0.15, 0.2) is 11.5 Å². The van der Waals surface area contributed by atoms with Crippen LogP contribution in [0.3, 0.4) is 0 Å². The Morgan fingerprint density at radius 1 is 1.22 bits per heavy atom. The molecule has 5 rings (SSSR count). The van der Waals surface area contributed by atoms with E-state index in [-0.39, 0.29) is 41.4 Å². The lowest BCUT2D eigenvalue weighted by Crippen LogP contribution is -2.61. The second-order valence-electron chi connectivity index (χ2n) is 8.85. The number of fused-ring (bicyclic) bond motifs is 1. The number of ether oxygens (including phenoxy) is 2. The van der Waals surface area contributed by atoms with Gasteiger partial charge in [0.2, 0.25) is 5.91 Å². The van der Waals surface area contributed by atoms with E-state index in [0.717, 1.165) is 4.70 Å². The average Bonchev–Trinajstić information content (AvgIpc) is 3.29. The number of amides is 2. The first kappa shape index (κ1) is 24.3. The number of benzene rings is 1. The summed E-state index contributed by atoms with van der Waals surface area (Å²) >= 11 is 1.36. The summed E-state index contributed by atoms with van der Waals surface area (Å²) in [5.74, 6) is 0.321. The molecule has 0 unspecified atom stereocenters. The number of carbonyl (C=O) groups excluding carboxylic acids is 2. The smallest absolute Gasteiger partial charge is 0.271 e. The van der Waals surface area contributed by atoms with Crippen molar-refractivity contribution in [1.29, 1.82) is 0 Å². The Morgan fingerprint density at radius 2 is 2.06 bits per heavy atom. The van der Waals surface area contributed by atoms with Crippen LogP contribution in [-0.4, -0.2) is 72.0 Å². The summed E-state index contributed by atoms with van der Waals surface area (Å²) in [7, 11) is 0. The highest BCUT2D eigenvalue weighted by molar-refractivity contribution is 7.16. The molecule has 2 amide bonds. The zero-order valence-electron chi connectivity index (χ0n) is 19.8. The van der Waals surface area contributed by atoms with E-state index in [9.17, 15) is 14.0 Å². The van der Waals surface area contributed by atoms with Gasteiger partial charge in [0.05, 0.1) is 22.9 Å². The van der Waals surface area contributed by atoms with Crippen LogP contribution in [0, 0.1) is 11.7 Å². The molecule has 1 aromatic carbocycles. The third-order valence-corrected chi connectivity index (χ3v) is 7.07. The van der Waals surface area contributed by atoms with Crippen molar-refractivity contribution in [3.8, 4) is 5.75 Å². The van der Waals surface area contributed by atoms with Gasteiger partial charge in [-0.25, -0.2) is 9.37 Å². The molecule has 1 saturated heterocycles. The largest absolute Gasteiger partial charge is 0.488 e. The van der Waals surface area contributed by atoms with E-state index in [1.165, 1.54) is 23.5 Å². The minimum absolute atomic E-state index is 0.00250. The lowest BCUT2D eigenvalue weighted by atomic mass is 9.81. The number of hydrogen-bond donors (Lipinski definition) is 2. The molecule has 36 heavy (non-hydrogen) atoms. The number of aromatic nitrogens is 3. The van der Waals surface area contributed by atoms with Crippen LogP contribution < -0.4 is 20.3 Å². The monoisotopic (exact) mass is 514 g/mol. The van der Waals surface area contributed by atoms with Crippen LogP contribution >= 0.6 is 11.3 Å². The minimum atomic E-state index is -0.356. The summed E-state index contributed by atoms with van der Waals surface area (Å²) < 4.78 is 25.7. The first-order valence-electron chi connectivity index (χ1n) is 11.9. The van der Waals surface area contributed by atoms with Crippen LogP contribution in [0.5, 0.6) is 5.75 Å². The number of halogens is 1. The third-order valence-electron chi connectivity index (χ3n) is 6.30. The van der Waals surface area contributed by atoms with Gasteiger partial charge < -0.3 is 25.0 Å². The van der Waals surface area contributed by atoms with Crippen molar-refractivity contribution >= 4 is 39.2 Å². The third kappa shape index (κ3) is 5.39. The van der Waals surface area contributed by atoms with Gasteiger partial charge in [-0.2, -0.15) is 0 Å². The molecule has 0 radical (unpaired) electrons. The first-order chi connectivity index (χ1) is 17.5. The van der Waals surface area contributed by atoms with Gasteiger partial charge in [-0.15, -0.1) is 21.5 Å². The van der Waals surface area contributed by atoms with Crippen molar-refractivity contribution in [2.24, 2.45) is 5.92 Å². The van der Waals surface area contributed by atoms with E-state index >= 15 is 0 Å². The number of carbonyl (C=O) groups is 2. The summed E-state index contributed by atoms with van der Waals surface area (Å²) in [6.45, 7) is 4.61. The molecule has 1 saturated carbocycles. The zero-order chi connectivity index (χ0) is 25.1. The SMILES string of the molecule is CCOCCNC(=O)c1ccc(N2CC(NC(=O)C3CC(Oc4cc(F)cc5scnc45)C3)C2)nn1. The van der Waals surface area contributed by atoms with Crippen LogP contribution in [-0.2, 0) is 9.53 Å². The topological polar surface area (TPSA) is 119 Å². The Hall–Kier alpha value is -3.38. The van der Waals surface area contributed by atoms with Crippen LogP contribution in [0.4, 0.5) is 10.2 Å². The second kappa shape index (κ2) is 10.7. The Bertz CT molecular complexity index is 1230. The van der Waals surface area contributed by atoms with E-state index in [4.69, 9.17) is 9.47 Å². The fraction of sp³-hybridized carbons (Fsp3) is 0.458. The van der Waals surface area contributed by atoms with Crippen molar-refractivity contribution < 1.29 is 23.5 Å². The number of nitrogens with one attached hydrogen (secondary N) is 2.